The van der Waals surface area contributed by atoms with E-state index >= 15 is 0 Å². The van der Waals surface area contributed by atoms with Gasteiger partial charge in [-0.1, -0.05) is 29.9 Å². The molecule has 0 nitrogen and oxygen atoms in total. The molecule has 1 heteroatoms. The molecule has 0 N–H and O–H groups in total. The summed E-state index contributed by atoms with van der Waals surface area (Å²) in [5, 5.41) is 0. The van der Waals surface area contributed by atoms with E-state index in [9.17, 15) is 0 Å². The van der Waals surface area contributed by atoms with Crippen molar-refractivity contribution in [3.8, 4) is 0 Å². The molecule has 0 heterocycles. The monoisotopic (exact) mass is 316 g/mol. The van der Waals surface area contributed by atoms with Gasteiger partial charge in [-0.3, -0.25) is 0 Å². The van der Waals surface area contributed by atoms with Gasteiger partial charge in [0.25, 0.3) is 0 Å². The molecule has 0 fully saturated rings. The molecule has 1 aliphatic rings. The second kappa shape index (κ2) is 6.51. The summed E-state index contributed by atoms with van der Waals surface area (Å²) in [5.74, 6) is 0.677. The number of hydrogen-bond donors (Lipinski definition) is 0. The molecule has 15 heavy (non-hydrogen) atoms. The fraction of sp³-hybridized carbons (Fsp3) is 0.571. The topological polar surface area (TPSA) is 0 Å². The highest BCUT2D eigenvalue weighted by Gasteiger charge is 2.09. The van der Waals surface area contributed by atoms with Gasteiger partial charge in [0.1, 0.15) is 0 Å². The highest BCUT2D eigenvalue weighted by Crippen LogP contribution is 2.27. The Hall–Kier alpha value is -0.0500. The third-order valence-corrected chi connectivity index (χ3v) is 4.06. The van der Waals surface area contributed by atoms with Crippen molar-refractivity contribution in [2.45, 2.75) is 46.0 Å². The van der Waals surface area contributed by atoms with E-state index in [0.717, 1.165) is 0 Å². The van der Waals surface area contributed by atoms with Crippen LogP contribution in [0.2, 0.25) is 0 Å². The van der Waals surface area contributed by atoms with Crippen LogP contribution in [0, 0.1) is 5.92 Å². The summed E-state index contributed by atoms with van der Waals surface area (Å²) in [7, 11) is 0. The highest BCUT2D eigenvalue weighted by atomic mass is 127. The van der Waals surface area contributed by atoms with E-state index in [1.54, 1.807) is 5.57 Å². The first-order valence-electron chi connectivity index (χ1n) is 5.75. The van der Waals surface area contributed by atoms with Crippen LogP contribution in [-0.4, -0.2) is 0 Å². The fourth-order valence-electron chi connectivity index (χ4n) is 1.90. The zero-order valence-corrected chi connectivity index (χ0v) is 12.0. The van der Waals surface area contributed by atoms with Crippen molar-refractivity contribution in [1.29, 1.82) is 0 Å². The molecule has 0 radical (unpaired) electrons. The van der Waals surface area contributed by atoms with E-state index in [-0.39, 0.29) is 0 Å². The minimum Gasteiger partial charge on any atom is -0.0998 e. The molecule has 0 saturated heterocycles. The molecule has 0 bridgehead atoms. The number of halogens is 1. The summed E-state index contributed by atoms with van der Waals surface area (Å²) in [4.78, 5) is 0. The Morgan fingerprint density at radius 2 is 2.13 bits per heavy atom. The molecular formula is C14H21I. The summed E-state index contributed by atoms with van der Waals surface area (Å²) in [6.45, 7) is 8.52. The van der Waals surface area contributed by atoms with E-state index in [0.29, 0.717) is 5.92 Å². The molecule has 0 saturated carbocycles. The van der Waals surface area contributed by atoms with Crippen LogP contribution in [0.4, 0.5) is 0 Å². The third kappa shape index (κ3) is 5.01. The largest absolute Gasteiger partial charge is 0.0998 e. The summed E-state index contributed by atoms with van der Waals surface area (Å²) in [6.07, 6.45) is 10.9. The van der Waals surface area contributed by atoms with Gasteiger partial charge in [-0.05, 0) is 78.0 Å². The Labute approximate surface area is 108 Å². The summed E-state index contributed by atoms with van der Waals surface area (Å²) >= 11 is 2.47. The molecule has 0 aromatic carbocycles. The van der Waals surface area contributed by atoms with Crippen LogP contribution >= 0.6 is 22.6 Å². The molecule has 84 valence electrons. The lowest BCUT2D eigenvalue weighted by molar-refractivity contribution is 0.564. The van der Waals surface area contributed by atoms with Crippen LogP contribution in [0.3, 0.4) is 0 Å². The van der Waals surface area contributed by atoms with Gasteiger partial charge in [0.05, 0.1) is 0 Å². The molecule has 0 aromatic rings. The number of allylic oxidation sites excluding steroid dienone is 5. The Morgan fingerprint density at radius 1 is 1.40 bits per heavy atom. The first kappa shape index (κ1) is 13.0. The van der Waals surface area contributed by atoms with Crippen LogP contribution in [0.25, 0.3) is 0 Å². The first-order chi connectivity index (χ1) is 7.09. The minimum atomic E-state index is 0.677. The standard InChI is InChI=1S/C14H21I/c1-11(2)13-8-7-12(3)5-4-6-14(15)10-9-13/h5,10,13H,1,4,6-9H2,2-3H3/b12-5+,14-10-. The highest BCUT2D eigenvalue weighted by molar-refractivity contribution is 14.1. The average molecular weight is 316 g/mol. The lowest BCUT2D eigenvalue weighted by atomic mass is 9.90. The first-order valence-corrected chi connectivity index (χ1v) is 6.83. The van der Waals surface area contributed by atoms with Crippen LogP contribution in [-0.2, 0) is 0 Å². The van der Waals surface area contributed by atoms with Gasteiger partial charge in [0.2, 0.25) is 0 Å². The fourth-order valence-corrected chi connectivity index (χ4v) is 2.46. The molecule has 0 amide bonds. The smallest absolute Gasteiger partial charge is 0.0131 e. The quantitative estimate of drug-likeness (QED) is 0.448. The molecule has 1 aliphatic carbocycles. The van der Waals surface area contributed by atoms with Crippen molar-refractivity contribution < 1.29 is 0 Å². The molecule has 0 aliphatic heterocycles. The maximum atomic E-state index is 4.10. The molecule has 1 atom stereocenters. The second-order valence-corrected chi connectivity index (χ2v) is 5.94. The summed E-state index contributed by atoms with van der Waals surface area (Å²) in [6, 6.07) is 0. The van der Waals surface area contributed by atoms with E-state index in [1.165, 1.54) is 41.3 Å². The van der Waals surface area contributed by atoms with E-state index in [2.05, 4.69) is 55.2 Å². The van der Waals surface area contributed by atoms with E-state index in [1.807, 2.05) is 0 Å². The average Bonchev–Trinajstić information content (AvgIpc) is 2.16. The normalized spacial score (nSPS) is 31.0. The van der Waals surface area contributed by atoms with Crippen molar-refractivity contribution in [2.75, 3.05) is 0 Å². The van der Waals surface area contributed by atoms with Gasteiger partial charge in [0, 0.05) is 0 Å². The van der Waals surface area contributed by atoms with E-state index in [4.69, 9.17) is 0 Å². The van der Waals surface area contributed by atoms with Gasteiger partial charge >= 0.3 is 0 Å². The van der Waals surface area contributed by atoms with Gasteiger partial charge in [-0.2, -0.15) is 0 Å². The molecule has 1 rings (SSSR count). The number of rotatable bonds is 1. The Bertz CT molecular complexity index is 284. The van der Waals surface area contributed by atoms with E-state index < -0.39 is 0 Å². The Balaban J connectivity index is 2.70. The second-order valence-electron chi connectivity index (χ2n) is 4.56. The minimum absolute atomic E-state index is 0.677. The van der Waals surface area contributed by atoms with Gasteiger partial charge in [-0.15, -0.1) is 0 Å². The maximum Gasteiger partial charge on any atom is -0.0131 e. The van der Waals surface area contributed by atoms with Crippen molar-refractivity contribution in [3.63, 3.8) is 0 Å². The molecule has 1 unspecified atom stereocenters. The van der Waals surface area contributed by atoms with Crippen molar-refractivity contribution in [1.82, 2.24) is 0 Å². The van der Waals surface area contributed by atoms with Crippen LogP contribution < -0.4 is 0 Å². The molecule has 0 aromatic heterocycles. The molecular weight excluding hydrogens is 295 g/mol. The predicted octanol–water partition coefficient (Wildman–Crippen LogP) is 5.41. The van der Waals surface area contributed by atoms with Crippen molar-refractivity contribution in [3.05, 3.63) is 33.5 Å². The van der Waals surface area contributed by atoms with Crippen molar-refractivity contribution >= 4 is 22.6 Å². The lowest BCUT2D eigenvalue weighted by Crippen LogP contribution is -2.01. The summed E-state index contributed by atoms with van der Waals surface area (Å²) < 4.78 is 1.50. The lowest BCUT2D eigenvalue weighted by Gasteiger charge is -2.16. The third-order valence-electron chi connectivity index (χ3n) is 3.08. The molecule has 0 spiro atoms. The number of hydrogen-bond acceptors (Lipinski definition) is 0. The van der Waals surface area contributed by atoms with Gasteiger partial charge in [0.15, 0.2) is 0 Å². The van der Waals surface area contributed by atoms with Crippen molar-refractivity contribution in [2.24, 2.45) is 5.92 Å². The van der Waals surface area contributed by atoms with Crippen LogP contribution in [0.15, 0.2) is 33.5 Å². The zero-order chi connectivity index (χ0) is 11.3. The van der Waals surface area contributed by atoms with Crippen LogP contribution in [0.1, 0.15) is 46.0 Å². The van der Waals surface area contributed by atoms with Crippen LogP contribution in [0.5, 0.6) is 0 Å². The maximum absolute atomic E-state index is 4.10. The zero-order valence-electron chi connectivity index (χ0n) is 9.85. The predicted molar refractivity (Wildman–Crippen MR) is 77.2 cm³/mol. The van der Waals surface area contributed by atoms with Gasteiger partial charge in [-0.25, -0.2) is 0 Å². The Kier molecular flexibility index (Phi) is 5.65. The van der Waals surface area contributed by atoms with Gasteiger partial charge < -0.3 is 0 Å². The Morgan fingerprint density at radius 3 is 2.80 bits per heavy atom. The SMILES string of the molecule is C=C(C)C1C/C=C(\I)CC/C=C(\C)CC1. The summed E-state index contributed by atoms with van der Waals surface area (Å²) in [5.41, 5.74) is 2.89.